The van der Waals surface area contributed by atoms with Crippen molar-refractivity contribution < 1.29 is 9.21 Å². The van der Waals surface area contributed by atoms with E-state index in [2.05, 4.69) is 33.5 Å². The molecule has 0 aromatic carbocycles. The van der Waals surface area contributed by atoms with Crippen LogP contribution in [0.5, 0.6) is 0 Å². The van der Waals surface area contributed by atoms with Crippen LogP contribution in [0.1, 0.15) is 31.6 Å². The third kappa shape index (κ3) is 2.86. The molecule has 2 heterocycles. The summed E-state index contributed by atoms with van der Waals surface area (Å²) in [5.41, 5.74) is 0. The van der Waals surface area contributed by atoms with Gasteiger partial charge in [0.2, 0.25) is 5.91 Å². The van der Waals surface area contributed by atoms with Crippen LogP contribution >= 0.6 is 15.9 Å². The predicted molar refractivity (Wildman–Crippen MR) is 64.0 cm³/mol. The van der Waals surface area contributed by atoms with E-state index in [1.54, 1.807) is 0 Å². The van der Waals surface area contributed by atoms with Crippen LogP contribution < -0.4 is 10.6 Å². The highest BCUT2D eigenvalue weighted by Gasteiger charge is 2.20. The van der Waals surface area contributed by atoms with Crippen molar-refractivity contribution in [3.05, 3.63) is 22.6 Å². The van der Waals surface area contributed by atoms with Crippen molar-refractivity contribution in [1.29, 1.82) is 0 Å². The first-order chi connectivity index (χ1) is 7.65. The Morgan fingerprint density at radius 2 is 2.44 bits per heavy atom. The van der Waals surface area contributed by atoms with Gasteiger partial charge in [-0.2, -0.15) is 0 Å². The molecule has 2 N–H and O–H groups in total. The van der Waals surface area contributed by atoms with Gasteiger partial charge in [-0.3, -0.25) is 4.79 Å². The summed E-state index contributed by atoms with van der Waals surface area (Å²) in [6, 6.07) is 4.32. The molecule has 88 valence electrons. The number of piperidine rings is 1. The van der Waals surface area contributed by atoms with E-state index in [9.17, 15) is 4.79 Å². The number of amides is 1. The minimum atomic E-state index is 0.145. The summed E-state index contributed by atoms with van der Waals surface area (Å²) in [5, 5.41) is 6.29. The number of furan rings is 1. The van der Waals surface area contributed by atoms with Crippen LogP contribution in [0.15, 0.2) is 21.2 Å². The zero-order chi connectivity index (χ0) is 11.5. The average Bonchev–Trinajstić information content (AvgIpc) is 2.68. The van der Waals surface area contributed by atoms with E-state index in [1.165, 1.54) is 0 Å². The lowest BCUT2D eigenvalue weighted by molar-refractivity contribution is -0.122. The molecular weight excluding hydrogens is 272 g/mol. The molecule has 1 fully saturated rings. The zero-order valence-corrected chi connectivity index (χ0v) is 10.7. The Labute approximate surface area is 103 Å². The summed E-state index contributed by atoms with van der Waals surface area (Å²) in [7, 11) is 0. The van der Waals surface area contributed by atoms with Crippen molar-refractivity contribution in [2.75, 3.05) is 6.54 Å². The van der Waals surface area contributed by atoms with Crippen LogP contribution in [-0.2, 0) is 4.79 Å². The summed E-state index contributed by atoms with van der Waals surface area (Å²) in [6.07, 6.45) is 1.49. The molecule has 0 saturated carbocycles. The minimum Gasteiger partial charge on any atom is -0.453 e. The molecule has 5 heteroatoms. The molecule has 16 heavy (non-hydrogen) atoms. The molecule has 2 unspecified atom stereocenters. The quantitative estimate of drug-likeness (QED) is 0.893. The molecule has 2 atom stereocenters. The Hall–Kier alpha value is -0.810. The molecule has 1 aliphatic rings. The van der Waals surface area contributed by atoms with Crippen molar-refractivity contribution in [1.82, 2.24) is 10.6 Å². The third-order valence-electron chi connectivity index (χ3n) is 2.77. The molecule has 1 aromatic heterocycles. The summed E-state index contributed by atoms with van der Waals surface area (Å²) >= 11 is 3.28. The standard InChI is InChI=1S/C11H15BrN2O2/c1-7(9-3-4-10(12)16-9)14-8-2-5-11(15)13-6-8/h3-4,7-8,14H,2,5-6H2,1H3,(H,13,15). The molecule has 1 aromatic rings. The van der Waals surface area contributed by atoms with Crippen LogP contribution in [0, 0.1) is 0 Å². The topological polar surface area (TPSA) is 54.3 Å². The van der Waals surface area contributed by atoms with E-state index in [-0.39, 0.29) is 11.9 Å². The van der Waals surface area contributed by atoms with Crippen molar-refractivity contribution in [2.24, 2.45) is 0 Å². The van der Waals surface area contributed by atoms with Gasteiger partial charge in [0.1, 0.15) is 5.76 Å². The van der Waals surface area contributed by atoms with Crippen molar-refractivity contribution >= 4 is 21.8 Å². The lowest BCUT2D eigenvalue weighted by atomic mass is 10.1. The Kier molecular flexibility index (Phi) is 3.66. The van der Waals surface area contributed by atoms with Crippen LogP contribution in [0.3, 0.4) is 0 Å². The number of halogens is 1. The largest absolute Gasteiger partial charge is 0.453 e. The van der Waals surface area contributed by atoms with Gasteiger partial charge in [-0.25, -0.2) is 0 Å². The van der Waals surface area contributed by atoms with Gasteiger partial charge in [-0.1, -0.05) is 0 Å². The first kappa shape index (κ1) is 11.7. The van der Waals surface area contributed by atoms with Gasteiger partial charge >= 0.3 is 0 Å². The fourth-order valence-electron chi connectivity index (χ4n) is 1.87. The Bertz CT molecular complexity index is 368. The summed E-state index contributed by atoms with van der Waals surface area (Å²) in [4.78, 5) is 11.0. The molecule has 0 bridgehead atoms. The van der Waals surface area contributed by atoms with Crippen molar-refractivity contribution in [3.63, 3.8) is 0 Å². The van der Waals surface area contributed by atoms with Gasteiger partial charge < -0.3 is 15.1 Å². The second-order valence-electron chi connectivity index (χ2n) is 4.07. The van der Waals surface area contributed by atoms with Crippen LogP contribution in [0.2, 0.25) is 0 Å². The molecular formula is C11H15BrN2O2. The molecule has 1 amide bonds. The van der Waals surface area contributed by atoms with E-state index in [0.717, 1.165) is 16.9 Å². The van der Waals surface area contributed by atoms with Crippen LogP contribution in [0.4, 0.5) is 0 Å². The van der Waals surface area contributed by atoms with E-state index in [1.807, 2.05) is 12.1 Å². The predicted octanol–water partition coefficient (Wildman–Crippen LogP) is 1.97. The van der Waals surface area contributed by atoms with Crippen LogP contribution in [0.25, 0.3) is 0 Å². The van der Waals surface area contributed by atoms with Gasteiger partial charge in [0, 0.05) is 19.0 Å². The monoisotopic (exact) mass is 286 g/mol. The molecule has 1 saturated heterocycles. The van der Waals surface area contributed by atoms with E-state index in [0.29, 0.717) is 19.0 Å². The number of carbonyl (C=O) groups is 1. The second-order valence-corrected chi connectivity index (χ2v) is 4.85. The summed E-state index contributed by atoms with van der Waals surface area (Å²) in [6.45, 7) is 2.76. The maximum Gasteiger partial charge on any atom is 0.220 e. The highest BCUT2D eigenvalue weighted by atomic mass is 79.9. The van der Waals surface area contributed by atoms with E-state index in [4.69, 9.17) is 4.42 Å². The molecule has 2 rings (SSSR count). The first-order valence-electron chi connectivity index (χ1n) is 5.43. The Morgan fingerprint density at radius 3 is 3.00 bits per heavy atom. The van der Waals surface area contributed by atoms with Gasteiger partial charge in [-0.15, -0.1) is 0 Å². The number of hydrogen-bond acceptors (Lipinski definition) is 3. The Balaban J connectivity index is 1.87. The van der Waals surface area contributed by atoms with Crippen LogP contribution in [-0.4, -0.2) is 18.5 Å². The fraction of sp³-hybridized carbons (Fsp3) is 0.545. The fourth-order valence-corrected chi connectivity index (χ4v) is 2.19. The molecule has 0 aliphatic carbocycles. The lowest BCUT2D eigenvalue weighted by Crippen LogP contribution is -2.46. The number of carbonyl (C=O) groups excluding carboxylic acids is 1. The van der Waals surface area contributed by atoms with Crippen molar-refractivity contribution in [3.8, 4) is 0 Å². The SMILES string of the molecule is CC(NC1CCC(=O)NC1)c1ccc(Br)o1. The smallest absolute Gasteiger partial charge is 0.220 e. The van der Waals surface area contributed by atoms with Crippen molar-refractivity contribution in [2.45, 2.75) is 31.8 Å². The molecule has 0 radical (unpaired) electrons. The first-order valence-corrected chi connectivity index (χ1v) is 6.22. The maximum atomic E-state index is 11.0. The lowest BCUT2D eigenvalue weighted by Gasteiger charge is -2.26. The number of rotatable bonds is 3. The number of nitrogens with one attached hydrogen (secondary N) is 2. The van der Waals surface area contributed by atoms with Gasteiger partial charge in [-0.05, 0) is 41.4 Å². The maximum absolute atomic E-state index is 11.0. The van der Waals surface area contributed by atoms with Gasteiger partial charge in [0.05, 0.1) is 6.04 Å². The second kappa shape index (κ2) is 5.01. The number of hydrogen-bond donors (Lipinski definition) is 2. The minimum absolute atomic E-state index is 0.145. The summed E-state index contributed by atoms with van der Waals surface area (Å²) in [5.74, 6) is 1.05. The average molecular weight is 287 g/mol. The zero-order valence-electron chi connectivity index (χ0n) is 9.13. The van der Waals surface area contributed by atoms with Gasteiger partial charge in [0.25, 0.3) is 0 Å². The third-order valence-corrected chi connectivity index (χ3v) is 3.20. The molecule has 0 spiro atoms. The van der Waals surface area contributed by atoms with E-state index < -0.39 is 0 Å². The molecule has 4 nitrogen and oxygen atoms in total. The summed E-state index contributed by atoms with van der Waals surface area (Å²) < 4.78 is 6.22. The normalized spacial score (nSPS) is 22.9. The van der Waals surface area contributed by atoms with Gasteiger partial charge in [0.15, 0.2) is 4.67 Å². The van der Waals surface area contributed by atoms with E-state index >= 15 is 0 Å². The highest BCUT2D eigenvalue weighted by molar-refractivity contribution is 9.10. The molecule has 1 aliphatic heterocycles. The Morgan fingerprint density at radius 1 is 1.62 bits per heavy atom. The highest BCUT2D eigenvalue weighted by Crippen LogP contribution is 2.21.